The summed E-state index contributed by atoms with van der Waals surface area (Å²) < 4.78 is 5.42. The number of carboxylic acids is 1. The number of nitrogens with one attached hydrogen (secondary N) is 1. The number of nitrogens with zero attached hydrogens (tertiary/aromatic N) is 3. The molecule has 1 aliphatic rings. The van der Waals surface area contributed by atoms with Gasteiger partial charge in [-0.25, -0.2) is 9.79 Å². The monoisotopic (exact) mass is 456 g/mol. The average Bonchev–Trinajstić information content (AvgIpc) is 3.19. The number of carboxylic acid groups (broad SMARTS) is 1. The van der Waals surface area contributed by atoms with Gasteiger partial charge in [-0.3, -0.25) is 9.88 Å². The number of hydrogen-bond acceptors (Lipinski definition) is 6. The van der Waals surface area contributed by atoms with Crippen LogP contribution in [0.25, 0.3) is 10.9 Å². The molecule has 1 aliphatic heterocycles. The van der Waals surface area contributed by atoms with Gasteiger partial charge >= 0.3 is 5.97 Å². The van der Waals surface area contributed by atoms with E-state index in [0.29, 0.717) is 33.4 Å². The summed E-state index contributed by atoms with van der Waals surface area (Å²) in [7, 11) is 0. The molecule has 34 heavy (non-hydrogen) atoms. The van der Waals surface area contributed by atoms with E-state index >= 15 is 0 Å². The summed E-state index contributed by atoms with van der Waals surface area (Å²) in [5, 5.41) is 20.8. The highest BCUT2D eigenvalue weighted by atomic mass is 16.5. The lowest BCUT2D eigenvalue weighted by Gasteiger charge is -2.26. The van der Waals surface area contributed by atoms with Crippen LogP contribution < -0.4 is 0 Å². The van der Waals surface area contributed by atoms with Crippen molar-refractivity contribution in [2.75, 3.05) is 26.3 Å². The Morgan fingerprint density at radius 1 is 1.09 bits per heavy atom. The van der Waals surface area contributed by atoms with Crippen LogP contribution in [0, 0.1) is 0 Å². The highest BCUT2D eigenvalue weighted by Gasteiger charge is 2.20. The molecule has 0 aliphatic carbocycles. The molecule has 8 nitrogen and oxygen atoms in total. The molecule has 1 fully saturated rings. The first-order valence-corrected chi connectivity index (χ1v) is 11.0. The third-order valence-corrected chi connectivity index (χ3v) is 5.88. The minimum absolute atomic E-state index is 0.0796. The second-order valence-corrected chi connectivity index (χ2v) is 8.17. The van der Waals surface area contributed by atoms with Crippen molar-refractivity contribution < 1.29 is 19.7 Å². The van der Waals surface area contributed by atoms with Crippen LogP contribution in [0.2, 0.25) is 0 Å². The van der Waals surface area contributed by atoms with Gasteiger partial charge in [-0.15, -0.1) is 0 Å². The Bertz CT molecular complexity index is 1340. The Kier molecular flexibility index (Phi) is 6.07. The van der Waals surface area contributed by atoms with E-state index in [4.69, 9.17) is 9.73 Å². The third-order valence-electron chi connectivity index (χ3n) is 5.88. The fraction of sp³-hybridized carbons (Fsp3) is 0.192. The summed E-state index contributed by atoms with van der Waals surface area (Å²) in [5.74, 6) is -1.12. The molecule has 4 aromatic rings. The van der Waals surface area contributed by atoms with E-state index in [2.05, 4.69) is 14.9 Å². The van der Waals surface area contributed by atoms with Gasteiger partial charge in [-0.1, -0.05) is 12.1 Å². The van der Waals surface area contributed by atoms with E-state index < -0.39 is 5.97 Å². The van der Waals surface area contributed by atoms with Crippen molar-refractivity contribution in [3.63, 3.8) is 0 Å². The van der Waals surface area contributed by atoms with E-state index in [0.717, 1.165) is 32.8 Å². The summed E-state index contributed by atoms with van der Waals surface area (Å²) in [6, 6.07) is 16.3. The van der Waals surface area contributed by atoms with Gasteiger partial charge in [-0.2, -0.15) is 0 Å². The molecule has 3 heterocycles. The van der Waals surface area contributed by atoms with Gasteiger partial charge in [0.1, 0.15) is 0 Å². The third kappa shape index (κ3) is 4.54. The number of carbonyl (C=O) groups is 1. The van der Waals surface area contributed by atoms with Crippen LogP contribution in [-0.4, -0.2) is 63.1 Å². The van der Waals surface area contributed by atoms with Crippen molar-refractivity contribution in [1.82, 2.24) is 14.9 Å². The molecule has 0 spiro atoms. The van der Waals surface area contributed by atoms with Crippen LogP contribution in [0.4, 0.5) is 5.69 Å². The number of rotatable bonds is 6. The van der Waals surface area contributed by atoms with Crippen LogP contribution in [0.15, 0.2) is 72.0 Å². The lowest BCUT2D eigenvalue weighted by molar-refractivity contribution is 0.0342. The molecule has 0 bridgehead atoms. The van der Waals surface area contributed by atoms with E-state index in [1.807, 2.05) is 30.3 Å². The molecular formula is C26H24N4O4. The number of aromatic amines is 1. The number of morpholine rings is 1. The largest absolute Gasteiger partial charge is 0.494 e. The molecule has 0 radical (unpaired) electrons. The Balaban J connectivity index is 1.56. The molecule has 0 atom stereocenters. The molecule has 0 amide bonds. The molecule has 3 N–H and O–H groups in total. The van der Waals surface area contributed by atoms with Gasteiger partial charge in [0, 0.05) is 48.5 Å². The number of pyridine rings is 1. The number of aromatic hydroxyl groups is 1. The van der Waals surface area contributed by atoms with Gasteiger partial charge < -0.3 is 19.9 Å². The van der Waals surface area contributed by atoms with Gasteiger partial charge in [0.05, 0.1) is 35.7 Å². The lowest BCUT2D eigenvalue weighted by Crippen LogP contribution is -2.35. The molecule has 0 unspecified atom stereocenters. The number of aromatic nitrogens is 2. The molecule has 2 aromatic carbocycles. The summed E-state index contributed by atoms with van der Waals surface area (Å²) >= 11 is 0. The summed E-state index contributed by atoms with van der Waals surface area (Å²) in [6.07, 6.45) is 3.34. The van der Waals surface area contributed by atoms with Crippen molar-refractivity contribution in [3.8, 4) is 5.88 Å². The van der Waals surface area contributed by atoms with Gasteiger partial charge in [0.15, 0.2) is 5.88 Å². The number of ether oxygens (including phenoxy) is 1. The fourth-order valence-corrected chi connectivity index (χ4v) is 4.14. The van der Waals surface area contributed by atoms with Gasteiger partial charge in [0.25, 0.3) is 0 Å². The summed E-state index contributed by atoms with van der Waals surface area (Å²) in [6.45, 7) is 4.21. The number of hydrogen-bond donors (Lipinski definition) is 3. The minimum Gasteiger partial charge on any atom is -0.494 e. The van der Waals surface area contributed by atoms with Crippen LogP contribution in [0.3, 0.4) is 0 Å². The van der Waals surface area contributed by atoms with Crippen LogP contribution in [0.5, 0.6) is 5.88 Å². The first-order valence-electron chi connectivity index (χ1n) is 11.0. The average molecular weight is 457 g/mol. The van der Waals surface area contributed by atoms with Crippen LogP contribution in [0.1, 0.15) is 27.0 Å². The van der Waals surface area contributed by atoms with Gasteiger partial charge in [-0.05, 0) is 48.0 Å². The molecule has 2 aromatic heterocycles. The van der Waals surface area contributed by atoms with Crippen molar-refractivity contribution in [2.24, 2.45) is 4.99 Å². The molecule has 8 heteroatoms. The summed E-state index contributed by atoms with van der Waals surface area (Å²) in [4.78, 5) is 25.9. The smallest absolute Gasteiger partial charge is 0.335 e. The van der Waals surface area contributed by atoms with E-state index in [1.54, 1.807) is 30.6 Å². The molecule has 5 rings (SSSR count). The zero-order valence-corrected chi connectivity index (χ0v) is 18.4. The standard InChI is InChI=1S/C26H24N4O4/c31-25-23(21-14-18(26(32)33)5-8-22(21)29-25)24(19-2-1-9-27-15-19)28-20-6-3-17(4-7-20)16-30-10-12-34-13-11-30/h1-9,14-15,29,31H,10-13,16H2,(H,32,33). The number of fused-ring (bicyclic) bond motifs is 1. The van der Waals surface area contributed by atoms with E-state index in [9.17, 15) is 15.0 Å². The Morgan fingerprint density at radius 3 is 2.59 bits per heavy atom. The van der Waals surface area contributed by atoms with E-state index in [1.165, 1.54) is 11.6 Å². The van der Waals surface area contributed by atoms with Crippen molar-refractivity contribution in [3.05, 3.63) is 89.2 Å². The SMILES string of the molecule is O=C(O)c1ccc2[nH]c(O)c(C(=Nc3ccc(CN4CCOCC4)cc3)c3cccnc3)c2c1. The maximum absolute atomic E-state index is 11.5. The number of aliphatic imine (C=N–C) groups is 1. The second kappa shape index (κ2) is 9.46. The number of benzene rings is 2. The van der Waals surface area contributed by atoms with Crippen molar-refractivity contribution in [1.29, 1.82) is 0 Å². The predicted octanol–water partition coefficient (Wildman–Crippen LogP) is 3.97. The molecular weight excluding hydrogens is 432 g/mol. The first-order chi connectivity index (χ1) is 16.6. The zero-order chi connectivity index (χ0) is 23.5. The number of H-pyrrole nitrogens is 1. The highest BCUT2D eigenvalue weighted by molar-refractivity contribution is 6.22. The summed E-state index contributed by atoms with van der Waals surface area (Å²) in [5.41, 5.74) is 4.29. The zero-order valence-electron chi connectivity index (χ0n) is 18.4. The van der Waals surface area contributed by atoms with Crippen molar-refractivity contribution >= 4 is 28.3 Å². The van der Waals surface area contributed by atoms with Crippen LogP contribution in [-0.2, 0) is 11.3 Å². The predicted molar refractivity (Wildman–Crippen MR) is 129 cm³/mol. The minimum atomic E-state index is -1.04. The Morgan fingerprint density at radius 2 is 1.88 bits per heavy atom. The lowest BCUT2D eigenvalue weighted by atomic mass is 10.0. The fourth-order valence-electron chi connectivity index (χ4n) is 4.14. The van der Waals surface area contributed by atoms with Gasteiger partial charge in [0.2, 0.25) is 0 Å². The van der Waals surface area contributed by atoms with E-state index in [-0.39, 0.29) is 11.4 Å². The Hall–Kier alpha value is -4.01. The second-order valence-electron chi connectivity index (χ2n) is 8.17. The van der Waals surface area contributed by atoms with Crippen molar-refractivity contribution in [2.45, 2.75) is 6.54 Å². The Labute approximate surface area is 196 Å². The molecule has 0 saturated carbocycles. The van der Waals surface area contributed by atoms with Crippen LogP contribution >= 0.6 is 0 Å². The maximum atomic E-state index is 11.5. The molecule has 1 saturated heterocycles. The molecule has 172 valence electrons. The first kappa shape index (κ1) is 21.8. The normalized spacial score (nSPS) is 15.0. The highest BCUT2D eigenvalue weighted by Crippen LogP contribution is 2.32. The number of aromatic carboxylic acids is 1. The quantitative estimate of drug-likeness (QED) is 0.379. The maximum Gasteiger partial charge on any atom is 0.335 e. The topological polar surface area (TPSA) is 111 Å².